The van der Waals surface area contributed by atoms with Crippen molar-refractivity contribution in [1.82, 2.24) is 5.32 Å². The quantitative estimate of drug-likeness (QED) is 0.649. The number of amides is 1. The minimum Gasteiger partial charge on any atom is -0.313 e. The van der Waals surface area contributed by atoms with Crippen molar-refractivity contribution < 1.29 is 4.79 Å². The summed E-state index contributed by atoms with van der Waals surface area (Å²) in [6.45, 7) is 4.05. The smallest absolute Gasteiger partial charge is 0.250 e. The average molecular weight is 154 g/mol. The molecule has 0 aromatic heterocycles. The Morgan fingerprint density at radius 2 is 2.27 bits per heavy atom. The van der Waals surface area contributed by atoms with E-state index in [1.165, 1.54) is 0 Å². The normalized spacial score (nSPS) is 23.3. The Labute approximate surface area is 66.9 Å². The molecule has 1 amide bonds. The van der Waals surface area contributed by atoms with Gasteiger partial charge in [0.1, 0.15) is 11.9 Å². The average Bonchev–Trinajstić information content (AvgIpc) is 2.32. The molecule has 0 radical (unpaired) electrons. The van der Waals surface area contributed by atoms with E-state index in [1.54, 1.807) is 0 Å². The lowest BCUT2D eigenvalue weighted by molar-refractivity contribution is -0.120. The van der Waals surface area contributed by atoms with E-state index < -0.39 is 0 Å². The van der Waals surface area contributed by atoms with Gasteiger partial charge in [-0.05, 0) is 12.8 Å². The van der Waals surface area contributed by atoms with Crippen molar-refractivity contribution in [2.45, 2.75) is 39.2 Å². The van der Waals surface area contributed by atoms with Gasteiger partial charge in [0.15, 0.2) is 0 Å². The third-order valence-corrected chi connectivity index (χ3v) is 1.76. The lowest BCUT2D eigenvalue weighted by Gasteiger charge is -1.96. The van der Waals surface area contributed by atoms with Crippen LogP contribution in [-0.2, 0) is 4.79 Å². The van der Waals surface area contributed by atoms with Gasteiger partial charge in [-0.3, -0.25) is 9.79 Å². The third-order valence-electron chi connectivity index (χ3n) is 1.76. The Kier molecular flexibility index (Phi) is 2.63. The SMILES string of the molecule is CCCC1=NC(CC)C(=O)N1. The number of nitrogens with zero attached hydrogens (tertiary/aromatic N) is 1. The van der Waals surface area contributed by atoms with Crippen LogP contribution in [0.25, 0.3) is 0 Å². The van der Waals surface area contributed by atoms with Crippen molar-refractivity contribution in [3.63, 3.8) is 0 Å². The highest BCUT2D eigenvalue weighted by molar-refractivity contribution is 6.05. The van der Waals surface area contributed by atoms with Gasteiger partial charge in [0.2, 0.25) is 5.91 Å². The summed E-state index contributed by atoms with van der Waals surface area (Å²) in [6, 6.07) is -0.114. The molecule has 11 heavy (non-hydrogen) atoms. The molecule has 3 heteroatoms. The fourth-order valence-electron chi connectivity index (χ4n) is 1.15. The summed E-state index contributed by atoms with van der Waals surface area (Å²) in [7, 11) is 0. The summed E-state index contributed by atoms with van der Waals surface area (Å²) in [6.07, 6.45) is 2.73. The van der Waals surface area contributed by atoms with Gasteiger partial charge in [0, 0.05) is 6.42 Å². The Morgan fingerprint density at radius 1 is 1.55 bits per heavy atom. The summed E-state index contributed by atoms with van der Waals surface area (Å²) in [5.74, 6) is 0.931. The second-order valence-corrected chi connectivity index (χ2v) is 2.74. The van der Waals surface area contributed by atoms with Crippen molar-refractivity contribution in [3.8, 4) is 0 Å². The van der Waals surface area contributed by atoms with Crippen molar-refractivity contribution in [3.05, 3.63) is 0 Å². The highest BCUT2D eigenvalue weighted by atomic mass is 16.2. The molecule has 3 nitrogen and oxygen atoms in total. The van der Waals surface area contributed by atoms with Gasteiger partial charge in [-0.2, -0.15) is 0 Å². The van der Waals surface area contributed by atoms with Crippen molar-refractivity contribution >= 4 is 11.7 Å². The van der Waals surface area contributed by atoms with Gasteiger partial charge in [-0.25, -0.2) is 0 Å². The van der Waals surface area contributed by atoms with Gasteiger partial charge in [0.05, 0.1) is 0 Å². The molecular formula is C8H14N2O. The number of carbonyl (C=O) groups is 1. The second-order valence-electron chi connectivity index (χ2n) is 2.74. The Bertz CT molecular complexity index is 187. The van der Waals surface area contributed by atoms with E-state index in [0.29, 0.717) is 0 Å². The molecule has 0 saturated heterocycles. The van der Waals surface area contributed by atoms with Crippen molar-refractivity contribution in [2.75, 3.05) is 0 Å². The number of nitrogens with one attached hydrogen (secondary N) is 1. The number of aliphatic imine (C=N–C) groups is 1. The monoisotopic (exact) mass is 154 g/mol. The van der Waals surface area contributed by atoms with Crippen LogP contribution in [-0.4, -0.2) is 17.8 Å². The van der Waals surface area contributed by atoms with Crippen LogP contribution in [0.4, 0.5) is 0 Å². The molecule has 1 aliphatic heterocycles. The fourth-order valence-corrected chi connectivity index (χ4v) is 1.15. The van der Waals surface area contributed by atoms with Gasteiger partial charge in [-0.15, -0.1) is 0 Å². The van der Waals surface area contributed by atoms with E-state index in [1.807, 2.05) is 6.92 Å². The molecule has 0 fully saturated rings. The molecule has 0 saturated carbocycles. The molecule has 0 bridgehead atoms. The van der Waals surface area contributed by atoms with Gasteiger partial charge >= 0.3 is 0 Å². The molecule has 0 aliphatic carbocycles. The van der Waals surface area contributed by atoms with Crippen LogP contribution in [0.5, 0.6) is 0 Å². The highest BCUT2D eigenvalue weighted by Crippen LogP contribution is 2.06. The Balaban J connectivity index is 2.52. The van der Waals surface area contributed by atoms with Crippen LogP contribution < -0.4 is 5.32 Å². The molecular weight excluding hydrogens is 140 g/mol. The van der Waals surface area contributed by atoms with E-state index in [4.69, 9.17) is 0 Å². The molecule has 0 aromatic carbocycles. The van der Waals surface area contributed by atoms with Gasteiger partial charge in [-0.1, -0.05) is 13.8 Å². The summed E-state index contributed by atoms with van der Waals surface area (Å²) in [4.78, 5) is 15.3. The van der Waals surface area contributed by atoms with Crippen LogP contribution in [0.3, 0.4) is 0 Å². The highest BCUT2D eigenvalue weighted by Gasteiger charge is 2.23. The van der Waals surface area contributed by atoms with E-state index in [-0.39, 0.29) is 11.9 Å². The maximum absolute atomic E-state index is 11.1. The van der Waals surface area contributed by atoms with Gasteiger partial charge < -0.3 is 5.32 Å². The largest absolute Gasteiger partial charge is 0.313 e. The molecule has 62 valence electrons. The first-order valence-corrected chi connectivity index (χ1v) is 4.15. The maximum Gasteiger partial charge on any atom is 0.250 e. The molecule has 1 N–H and O–H groups in total. The predicted molar refractivity (Wildman–Crippen MR) is 44.6 cm³/mol. The van der Waals surface area contributed by atoms with Crippen LogP contribution >= 0.6 is 0 Å². The number of carbonyl (C=O) groups excluding carboxylic acids is 1. The summed E-state index contributed by atoms with van der Waals surface area (Å²) in [5, 5.41) is 2.77. The molecule has 0 spiro atoms. The second kappa shape index (κ2) is 3.51. The fraction of sp³-hybridized carbons (Fsp3) is 0.750. The van der Waals surface area contributed by atoms with E-state index in [0.717, 1.165) is 25.1 Å². The van der Waals surface area contributed by atoms with Crippen LogP contribution in [0.15, 0.2) is 4.99 Å². The summed E-state index contributed by atoms with van der Waals surface area (Å²) < 4.78 is 0. The number of rotatable bonds is 3. The topological polar surface area (TPSA) is 41.5 Å². The molecule has 1 heterocycles. The molecule has 1 unspecified atom stereocenters. The van der Waals surface area contributed by atoms with E-state index >= 15 is 0 Å². The predicted octanol–water partition coefficient (Wildman–Crippen LogP) is 1.09. The minimum absolute atomic E-state index is 0.0657. The third kappa shape index (κ3) is 1.79. The number of hydrogen-bond donors (Lipinski definition) is 1. The lowest BCUT2D eigenvalue weighted by atomic mass is 10.2. The summed E-state index contributed by atoms with van der Waals surface area (Å²) in [5.41, 5.74) is 0. The molecule has 0 aromatic rings. The zero-order chi connectivity index (χ0) is 8.27. The van der Waals surface area contributed by atoms with Crippen LogP contribution in [0, 0.1) is 0 Å². The first kappa shape index (κ1) is 8.24. The molecule has 1 rings (SSSR count). The minimum atomic E-state index is -0.114. The van der Waals surface area contributed by atoms with Crippen molar-refractivity contribution in [1.29, 1.82) is 0 Å². The van der Waals surface area contributed by atoms with Crippen LogP contribution in [0.2, 0.25) is 0 Å². The zero-order valence-corrected chi connectivity index (χ0v) is 7.05. The van der Waals surface area contributed by atoms with Crippen molar-refractivity contribution in [2.24, 2.45) is 4.99 Å². The maximum atomic E-state index is 11.1. The van der Waals surface area contributed by atoms with E-state index in [2.05, 4.69) is 17.2 Å². The molecule has 1 atom stereocenters. The Morgan fingerprint density at radius 3 is 2.73 bits per heavy atom. The van der Waals surface area contributed by atoms with Crippen LogP contribution in [0.1, 0.15) is 33.1 Å². The standard InChI is InChI=1S/C8H14N2O/c1-3-5-7-9-6(4-2)8(11)10-7/h6H,3-5H2,1-2H3,(H,9,10,11). The van der Waals surface area contributed by atoms with Gasteiger partial charge in [0.25, 0.3) is 0 Å². The summed E-state index contributed by atoms with van der Waals surface area (Å²) >= 11 is 0. The van der Waals surface area contributed by atoms with E-state index in [9.17, 15) is 4.79 Å². The number of hydrogen-bond acceptors (Lipinski definition) is 2. The first-order valence-electron chi connectivity index (χ1n) is 4.15. The Hall–Kier alpha value is -0.860. The lowest BCUT2D eigenvalue weighted by Crippen LogP contribution is -2.28. The zero-order valence-electron chi connectivity index (χ0n) is 7.05. The first-order chi connectivity index (χ1) is 5.27. The number of amidine groups is 1. The molecule has 1 aliphatic rings.